The van der Waals surface area contributed by atoms with Crippen molar-refractivity contribution in [3.8, 4) is 0 Å². The summed E-state index contributed by atoms with van der Waals surface area (Å²) in [5.41, 5.74) is 0. The fourth-order valence-corrected chi connectivity index (χ4v) is 3.05. The standard InChI is InChI=1S/C13H25NO3S/c1-4-16-13(15)12(14-10(2)3)9-18-8-11-6-5-7-17-11/h10-12,14H,4-9H2,1-3H3. The van der Waals surface area contributed by atoms with Gasteiger partial charge < -0.3 is 14.8 Å². The quantitative estimate of drug-likeness (QED) is 0.685. The van der Waals surface area contributed by atoms with Gasteiger partial charge in [-0.15, -0.1) is 0 Å². The highest BCUT2D eigenvalue weighted by molar-refractivity contribution is 7.99. The molecular weight excluding hydrogens is 250 g/mol. The minimum absolute atomic E-state index is 0.147. The lowest BCUT2D eigenvalue weighted by atomic mass is 10.3. The third-order valence-corrected chi connectivity index (χ3v) is 3.89. The Balaban J connectivity index is 2.27. The number of ether oxygens (including phenoxy) is 2. The van der Waals surface area contributed by atoms with Crippen LogP contribution in [0.3, 0.4) is 0 Å². The molecule has 0 aliphatic carbocycles. The van der Waals surface area contributed by atoms with E-state index in [2.05, 4.69) is 5.32 Å². The van der Waals surface area contributed by atoms with E-state index in [1.165, 1.54) is 0 Å². The molecule has 0 radical (unpaired) electrons. The van der Waals surface area contributed by atoms with E-state index >= 15 is 0 Å². The van der Waals surface area contributed by atoms with E-state index in [0.29, 0.717) is 12.7 Å². The average Bonchev–Trinajstić information content (AvgIpc) is 2.80. The summed E-state index contributed by atoms with van der Waals surface area (Å²) in [4.78, 5) is 11.8. The molecule has 1 rings (SSSR count). The predicted molar refractivity (Wildman–Crippen MR) is 75.0 cm³/mol. The molecule has 0 aromatic rings. The van der Waals surface area contributed by atoms with Crippen molar-refractivity contribution in [2.45, 2.75) is 51.8 Å². The highest BCUT2D eigenvalue weighted by Crippen LogP contribution is 2.17. The first-order chi connectivity index (χ1) is 8.63. The van der Waals surface area contributed by atoms with Crippen LogP contribution in [-0.4, -0.2) is 48.9 Å². The van der Waals surface area contributed by atoms with Gasteiger partial charge in [0.2, 0.25) is 0 Å². The lowest BCUT2D eigenvalue weighted by Gasteiger charge is -2.20. The number of thioether (sulfide) groups is 1. The van der Waals surface area contributed by atoms with Gasteiger partial charge in [0.15, 0.2) is 0 Å². The van der Waals surface area contributed by atoms with Gasteiger partial charge in [0.25, 0.3) is 0 Å². The molecule has 18 heavy (non-hydrogen) atoms. The van der Waals surface area contributed by atoms with Crippen molar-refractivity contribution in [1.82, 2.24) is 5.32 Å². The molecule has 0 bridgehead atoms. The summed E-state index contributed by atoms with van der Waals surface area (Å²) >= 11 is 1.77. The molecule has 2 unspecified atom stereocenters. The normalized spacial score (nSPS) is 21.2. The smallest absolute Gasteiger partial charge is 0.323 e. The maximum Gasteiger partial charge on any atom is 0.323 e. The highest BCUT2D eigenvalue weighted by Gasteiger charge is 2.22. The third kappa shape index (κ3) is 6.07. The van der Waals surface area contributed by atoms with Gasteiger partial charge in [-0.2, -0.15) is 11.8 Å². The summed E-state index contributed by atoms with van der Waals surface area (Å²) in [5, 5.41) is 3.25. The molecule has 1 heterocycles. The van der Waals surface area contributed by atoms with Crippen molar-refractivity contribution in [2.24, 2.45) is 0 Å². The molecule has 1 saturated heterocycles. The van der Waals surface area contributed by atoms with Gasteiger partial charge in [0.05, 0.1) is 12.7 Å². The van der Waals surface area contributed by atoms with Crippen LogP contribution >= 0.6 is 11.8 Å². The van der Waals surface area contributed by atoms with Crippen molar-refractivity contribution in [2.75, 3.05) is 24.7 Å². The van der Waals surface area contributed by atoms with Gasteiger partial charge >= 0.3 is 5.97 Å². The Morgan fingerprint density at radius 3 is 2.89 bits per heavy atom. The Labute approximate surface area is 114 Å². The lowest BCUT2D eigenvalue weighted by molar-refractivity contribution is -0.145. The van der Waals surface area contributed by atoms with Crippen molar-refractivity contribution >= 4 is 17.7 Å². The summed E-state index contributed by atoms with van der Waals surface area (Å²) in [5.74, 6) is 1.57. The summed E-state index contributed by atoms with van der Waals surface area (Å²) in [6, 6.07) is 0.0686. The number of esters is 1. The molecule has 1 aliphatic rings. The van der Waals surface area contributed by atoms with E-state index in [4.69, 9.17) is 9.47 Å². The summed E-state index contributed by atoms with van der Waals surface area (Å²) < 4.78 is 10.6. The summed E-state index contributed by atoms with van der Waals surface area (Å²) in [7, 11) is 0. The SMILES string of the molecule is CCOC(=O)C(CSCC1CCCO1)NC(C)C. The first-order valence-electron chi connectivity index (χ1n) is 6.75. The van der Waals surface area contributed by atoms with Gasteiger partial charge in [-0.3, -0.25) is 4.79 Å². The van der Waals surface area contributed by atoms with Crippen molar-refractivity contribution < 1.29 is 14.3 Å². The van der Waals surface area contributed by atoms with Crippen LogP contribution in [0.1, 0.15) is 33.6 Å². The molecule has 0 amide bonds. The van der Waals surface area contributed by atoms with Crippen molar-refractivity contribution in [1.29, 1.82) is 0 Å². The molecular formula is C13H25NO3S. The van der Waals surface area contributed by atoms with Crippen LogP contribution in [0.5, 0.6) is 0 Å². The maximum absolute atomic E-state index is 11.8. The highest BCUT2D eigenvalue weighted by atomic mass is 32.2. The van der Waals surface area contributed by atoms with Gasteiger partial charge in [-0.1, -0.05) is 13.8 Å². The fraction of sp³-hybridized carbons (Fsp3) is 0.923. The molecule has 1 N–H and O–H groups in total. The monoisotopic (exact) mass is 275 g/mol. The summed E-state index contributed by atoms with van der Waals surface area (Å²) in [6.07, 6.45) is 2.68. The van der Waals surface area contributed by atoms with Crippen LogP contribution in [0.15, 0.2) is 0 Å². The van der Waals surface area contributed by atoms with E-state index in [0.717, 1.165) is 31.0 Å². The molecule has 0 aromatic carbocycles. The number of rotatable bonds is 8. The summed E-state index contributed by atoms with van der Waals surface area (Å²) in [6.45, 7) is 7.24. The molecule has 1 fully saturated rings. The second-order valence-corrected chi connectivity index (χ2v) is 5.87. The molecule has 2 atom stereocenters. The fourth-order valence-electron chi connectivity index (χ4n) is 1.92. The Morgan fingerprint density at radius 2 is 2.33 bits per heavy atom. The van der Waals surface area contributed by atoms with Crippen molar-refractivity contribution in [3.63, 3.8) is 0 Å². The maximum atomic E-state index is 11.8. The molecule has 106 valence electrons. The van der Waals surface area contributed by atoms with E-state index in [9.17, 15) is 4.79 Å². The first-order valence-corrected chi connectivity index (χ1v) is 7.91. The number of carbonyl (C=O) groups is 1. The number of hydrogen-bond acceptors (Lipinski definition) is 5. The van der Waals surface area contributed by atoms with Crippen LogP contribution < -0.4 is 5.32 Å². The number of hydrogen-bond donors (Lipinski definition) is 1. The molecule has 5 heteroatoms. The molecule has 0 aromatic heterocycles. The lowest BCUT2D eigenvalue weighted by Crippen LogP contribution is -2.43. The predicted octanol–water partition coefficient (Wildman–Crippen LogP) is 1.83. The van der Waals surface area contributed by atoms with Crippen LogP contribution in [0.4, 0.5) is 0 Å². The first kappa shape index (κ1) is 15.8. The second kappa shape index (κ2) is 8.77. The van der Waals surface area contributed by atoms with Crippen LogP contribution in [0.25, 0.3) is 0 Å². The Bertz CT molecular complexity index is 242. The largest absolute Gasteiger partial charge is 0.465 e. The Hall–Kier alpha value is -0.260. The minimum atomic E-state index is -0.212. The van der Waals surface area contributed by atoms with E-state index < -0.39 is 0 Å². The zero-order valence-electron chi connectivity index (χ0n) is 11.6. The molecule has 0 spiro atoms. The van der Waals surface area contributed by atoms with Gasteiger partial charge in [-0.25, -0.2) is 0 Å². The van der Waals surface area contributed by atoms with Crippen LogP contribution in [0.2, 0.25) is 0 Å². The van der Waals surface area contributed by atoms with Gasteiger partial charge in [-0.05, 0) is 19.8 Å². The number of nitrogens with one attached hydrogen (secondary N) is 1. The van der Waals surface area contributed by atoms with E-state index in [-0.39, 0.29) is 18.1 Å². The van der Waals surface area contributed by atoms with Gasteiger partial charge in [0, 0.05) is 24.2 Å². The van der Waals surface area contributed by atoms with E-state index in [1.54, 1.807) is 11.8 Å². The molecule has 1 aliphatic heterocycles. The Kier molecular flexibility index (Phi) is 7.70. The average molecular weight is 275 g/mol. The van der Waals surface area contributed by atoms with Crippen molar-refractivity contribution in [3.05, 3.63) is 0 Å². The molecule has 4 nitrogen and oxygen atoms in total. The minimum Gasteiger partial charge on any atom is -0.465 e. The Morgan fingerprint density at radius 1 is 1.56 bits per heavy atom. The van der Waals surface area contributed by atoms with Crippen LogP contribution in [-0.2, 0) is 14.3 Å². The number of carbonyl (C=O) groups excluding carboxylic acids is 1. The third-order valence-electron chi connectivity index (χ3n) is 2.72. The van der Waals surface area contributed by atoms with Crippen LogP contribution in [0, 0.1) is 0 Å². The van der Waals surface area contributed by atoms with Gasteiger partial charge in [0.1, 0.15) is 6.04 Å². The zero-order valence-corrected chi connectivity index (χ0v) is 12.4. The molecule has 0 saturated carbocycles. The topological polar surface area (TPSA) is 47.6 Å². The zero-order chi connectivity index (χ0) is 13.4. The second-order valence-electron chi connectivity index (χ2n) is 4.80. The van der Waals surface area contributed by atoms with E-state index in [1.807, 2.05) is 20.8 Å².